The third-order valence-corrected chi connectivity index (χ3v) is 2.91. The van der Waals surface area contributed by atoms with Crippen LogP contribution in [-0.2, 0) is 20.9 Å². The molecule has 0 unspecified atom stereocenters. The molecule has 0 saturated heterocycles. The molecule has 0 aliphatic carbocycles. The van der Waals surface area contributed by atoms with Gasteiger partial charge in [0.05, 0.1) is 29.5 Å². The Morgan fingerprint density at radius 3 is 2.56 bits per heavy atom. The Balaban J connectivity index is 1.99. The van der Waals surface area contributed by atoms with Crippen molar-refractivity contribution in [3.63, 3.8) is 0 Å². The van der Waals surface area contributed by atoms with Gasteiger partial charge < -0.3 is 9.47 Å². The summed E-state index contributed by atoms with van der Waals surface area (Å²) in [6.07, 6.45) is 0.792. The highest BCUT2D eigenvalue weighted by Crippen LogP contribution is 2.04. The van der Waals surface area contributed by atoms with Crippen LogP contribution in [0, 0.1) is 6.92 Å². The maximum atomic E-state index is 10.8. The summed E-state index contributed by atoms with van der Waals surface area (Å²) in [6.45, 7) is 3.97. The molecule has 0 spiro atoms. The van der Waals surface area contributed by atoms with Crippen LogP contribution in [0.1, 0.15) is 17.5 Å². The molecule has 100 valence electrons. The molecule has 1 aromatic carbocycles. The average Bonchev–Trinajstić information content (AvgIpc) is 2.39. The van der Waals surface area contributed by atoms with Crippen LogP contribution in [0.15, 0.2) is 24.3 Å². The van der Waals surface area contributed by atoms with Crippen LogP contribution >= 0.6 is 22.9 Å². The second-order valence-corrected chi connectivity index (χ2v) is 4.50. The van der Waals surface area contributed by atoms with E-state index in [1.807, 2.05) is 0 Å². The van der Waals surface area contributed by atoms with E-state index in [1.165, 1.54) is 11.1 Å². The average molecular weight is 363 g/mol. The summed E-state index contributed by atoms with van der Waals surface area (Å²) in [4.78, 5) is 10.8. The maximum Gasteiger partial charge on any atom is 0.254 e. The first kappa shape index (κ1) is 15.4. The van der Waals surface area contributed by atoms with Crippen molar-refractivity contribution in [1.82, 2.24) is 3.53 Å². The Morgan fingerprint density at radius 1 is 1.22 bits per heavy atom. The molecule has 18 heavy (non-hydrogen) atoms. The summed E-state index contributed by atoms with van der Waals surface area (Å²) in [5, 5.41) is 0. The molecule has 0 saturated carbocycles. The van der Waals surface area contributed by atoms with Gasteiger partial charge in [0.1, 0.15) is 6.61 Å². The number of benzene rings is 1. The van der Waals surface area contributed by atoms with Gasteiger partial charge in [-0.2, -0.15) is 0 Å². The number of carbonyl (C=O) groups is 1. The fourth-order valence-electron chi connectivity index (χ4n) is 1.33. The van der Waals surface area contributed by atoms with Crippen molar-refractivity contribution in [3.8, 4) is 0 Å². The van der Waals surface area contributed by atoms with Crippen LogP contribution < -0.4 is 3.53 Å². The van der Waals surface area contributed by atoms with Gasteiger partial charge in [-0.05, 0) is 18.9 Å². The largest absolute Gasteiger partial charge is 0.377 e. The molecular formula is C13H18INO3. The van der Waals surface area contributed by atoms with E-state index in [0.717, 1.165) is 6.42 Å². The summed E-state index contributed by atoms with van der Waals surface area (Å²) in [5.41, 5.74) is 2.42. The Hall–Kier alpha value is -0.660. The normalized spacial score (nSPS) is 10.3. The first-order valence-electron chi connectivity index (χ1n) is 5.83. The van der Waals surface area contributed by atoms with Crippen molar-refractivity contribution >= 4 is 28.8 Å². The minimum absolute atomic E-state index is 0.112. The van der Waals surface area contributed by atoms with Crippen LogP contribution in [-0.4, -0.2) is 25.7 Å². The number of ether oxygens (including phenoxy) is 2. The van der Waals surface area contributed by atoms with Crippen LogP contribution in [0.5, 0.6) is 0 Å². The number of aryl methyl sites for hydroxylation is 1. The topological polar surface area (TPSA) is 47.6 Å². The molecule has 4 nitrogen and oxygen atoms in total. The van der Waals surface area contributed by atoms with Crippen molar-refractivity contribution in [3.05, 3.63) is 35.4 Å². The summed E-state index contributed by atoms with van der Waals surface area (Å²) in [7, 11) is 0. The smallest absolute Gasteiger partial charge is 0.254 e. The summed E-state index contributed by atoms with van der Waals surface area (Å²) >= 11 is 1.79. The van der Waals surface area contributed by atoms with Gasteiger partial charge in [-0.25, -0.2) is 0 Å². The molecule has 0 heterocycles. The molecule has 0 radical (unpaired) electrons. The standard InChI is InChI=1S/C13H18INO3/c1-11-3-5-12(6-4-11)9-17-7-2-8-18-10-13(16)15-14/h3-6H,2,7-10H2,1H3,(H,15,16). The van der Waals surface area contributed by atoms with E-state index in [4.69, 9.17) is 9.47 Å². The molecule has 0 aliphatic rings. The minimum Gasteiger partial charge on any atom is -0.377 e. The molecule has 1 rings (SSSR count). The lowest BCUT2D eigenvalue weighted by Crippen LogP contribution is -2.19. The van der Waals surface area contributed by atoms with Crippen LogP contribution in [0.25, 0.3) is 0 Å². The Kier molecular flexibility index (Phi) is 7.95. The lowest BCUT2D eigenvalue weighted by atomic mass is 10.2. The highest BCUT2D eigenvalue weighted by Gasteiger charge is 1.98. The third-order valence-electron chi connectivity index (χ3n) is 2.31. The number of amides is 1. The second-order valence-electron chi connectivity index (χ2n) is 3.96. The summed E-state index contributed by atoms with van der Waals surface area (Å²) in [6, 6.07) is 8.28. The molecule has 1 amide bonds. The second kappa shape index (κ2) is 9.29. The Morgan fingerprint density at radius 2 is 1.89 bits per heavy atom. The van der Waals surface area contributed by atoms with Gasteiger partial charge in [-0.15, -0.1) is 0 Å². The SMILES string of the molecule is Cc1ccc(COCCCOCC(=O)NI)cc1. The predicted octanol–water partition coefficient (Wildman–Crippen LogP) is 2.38. The molecule has 0 aliphatic heterocycles. The molecule has 5 heteroatoms. The van der Waals surface area contributed by atoms with Crippen LogP contribution in [0.3, 0.4) is 0 Å². The van der Waals surface area contributed by atoms with Crippen LogP contribution in [0.4, 0.5) is 0 Å². The molecule has 0 fully saturated rings. The molecule has 0 atom stereocenters. The van der Waals surface area contributed by atoms with E-state index in [0.29, 0.717) is 19.8 Å². The lowest BCUT2D eigenvalue weighted by molar-refractivity contribution is -0.123. The van der Waals surface area contributed by atoms with Gasteiger partial charge in [0.2, 0.25) is 0 Å². The zero-order valence-electron chi connectivity index (χ0n) is 10.4. The van der Waals surface area contributed by atoms with E-state index in [2.05, 4.69) is 34.7 Å². The van der Waals surface area contributed by atoms with Crippen molar-refractivity contribution in [1.29, 1.82) is 0 Å². The first-order valence-corrected chi connectivity index (χ1v) is 6.91. The van der Waals surface area contributed by atoms with Crippen molar-refractivity contribution in [2.75, 3.05) is 19.8 Å². The predicted molar refractivity (Wildman–Crippen MR) is 78.4 cm³/mol. The highest BCUT2D eigenvalue weighted by molar-refractivity contribution is 14.1. The number of halogens is 1. The van der Waals surface area contributed by atoms with E-state index in [1.54, 1.807) is 22.9 Å². The fraction of sp³-hybridized carbons (Fsp3) is 0.462. The third kappa shape index (κ3) is 6.93. The lowest BCUT2D eigenvalue weighted by Gasteiger charge is -2.05. The number of rotatable bonds is 8. The number of nitrogens with one attached hydrogen (secondary N) is 1. The van der Waals surface area contributed by atoms with Gasteiger partial charge in [0.25, 0.3) is 5.91 Å². The molecule has 1 N–H and O–H groups in total. The maximum absolute atomic E-state index is 10.8. The zero-order valence-corrected chi connectivity index (χ0v) is 12.6. The van der Waals surface area contributed by atoms with E-state index < -0.39 is 0 Å². The van der Waals surface area contributed by atoms with E-state index in [9.17, 15) is 4.79 Å². The summed E-state index contributed by atoms with van der Waals surface area (Å²) < 4.78 is 13.1. The highest BCUT2D eigenvalue weighted by atomic mass is 127. The van der Waals surface area contributed by atoms with Gasteiger partial charge in [0.15, 0.2) is 0 Å². The zero-order chi connectivity index (χ0) is 13.2. The van der Waals surface area contributed by atoms with E-state index in [-0.39, 0.29) is 12.5 Å². The van der Waals surface area contributed by atoms with Gasteiger partial charge in [0, 0.05) is 13.2 Å². The monoisotopic (exact) mass is 363 g/mol. The Labute approximate surface area is 122 Å². The molecule has 1 aromatic rings. The van der Waals surface area contributed by atoms with Gasteiger partial charge in [-0.1, -0.05) is 29.8 Å². The van der Waals surface area contributed by atoms with E-state index >= 15 is 0 Å². The van der Waals surface area contributed by atoms with Gasteiger partial charge in [-0.3, -0.25) is 8.32 Å². The number of carbonyl (C=O) groups excluding carboxylic acids is 1. The van der Waals surface area contributed by atoms with Crippen molar-refractivity contribution in [2.45, 2.75) is 20.0 Å². The quantitative estimate of drug-likeness (QED) is 0.438. The summed E-state index contributed by atoms with van der Waals surface area (Å²) in [5.74, 6) is -0.115. The van der Waals surface area contributed by atoms with Crippen molar-refractivity contribution in [2.24, 2.45) is 0 Å². The molecule has 0 aromatic heterocycles. The molecule has 0 bridgehead atoms. The molecular weight excluding hydrogens is 345 g/mol. The van der Waals surface area contributed by atoms with Gasteiger partial charge >= 0.3 is 0 Å². The van der Waals surface area contributed by atoms with Crippen LogP contribution in [0.2, 0.25) is 0 Å². The minimum atomic E-state index is -0.115. The van der Waals surface area contributed by atoms with Crippen molar-refractivity contribution < 1.29 is 14.3 Å². The number of hydrogen-bond acceptors (Lipinski definition) is 3. The Bertz CT molecular complexity index is 354. The fourth-order valence-corrected chi connectivity index (χ4v) is 1.49. The number of hydrogen-bond donors (Lipinski definition) is 1. The first-order chi connectivity index (χ1) is 8.72.